The molecule has 1 aromatic carbocycles. The Morgan fingerprint density at radius 2 is 2.11 bits per heavy atom. The van der Waals surface area contributed by atoms with Gasteiger partial charge in [0.2, 0.25) is 0 Å². The van der Waals surface area contributed by atoms with Crippen LogP contribution in [-0.4, -0.2) is 21.3 Å². The number of rotatable bonds is 3. The molecular weight excluding hydrogens is 224 g/mol. The van der Waals surface area contributed by atoms with E-state index in [9.17, 15) is 0 Å². The van der Waals surface area contributed by atoms with E-state index in [1.165, 1.54) is 12.0 Å². The first-order chi connectivity index (χ1) is 8.86. The number of benzene rings is 1. The Balaban J connectivity index is 1.84. The van der Waals surface area contributed by atoms with E-state index in [1.807, 2.05) is 22.9 Å². The van der Waals surface area contributed by atoms with Crippen LogP contribution in [0, 0.1) is 0 Å². The van der Waals surface area contributed by atoms with E-state index in [4.69, 9.17) is 5.73 Å². The Hall–Kier alpha value is -1.68. The maximum absolute atomic E-state index is 5.79. The molecule has 0 amide bonds. The van der Waals surface area contributed by atoms with Crippen molar-refractivity contribution in [1.29, 1.82) is 0 Å². The number of nitrogens with two attached hydrogens (primary N) is 1. The fourth-order valence-corrected chi connectivity index (χ4v) is 2.56. The molecule has 0 spiro atoms. The van der Waals surface area contributed by atoms with Crippen LogP contribution in [0.5, 0.6) is 0 Å². The van der Waals surface area contributed by atoms with Gasteiger partial charge in [-0.15, -0.1) is 0 Å². The number of fused-ring (bicyclic) bond motifs is 1. The minimum Gasteiger partial charge on any atom is -0.328 e. The van der Waals surface area contributed by atoms with Crippen molar-refractivity contribution in [3.8, 4) is 0 Å². The summed E-state index contributed by atoms with van der Waals surface area (Å²) in [7, 11) is 0. The molecule has 0 bridgehead atoms. The zero-order valence-electron chi connectivity index (χ0n) is 10.4. The molecule has 1 aromatic heterocycles. The molecule has 1 unspecified atom stereocenters. The lowest BCUT2D eigenvalue weighted by Crippen LogP contribution is -2.25. The van der Waals surface area contributed by atoms with Crippen LogP contribution in [0.3, 0.4) is 0 Å². The summed E-state index contributed by atoms with van der Waals surface area (Å²) in [5.74, 6) is 2.01. The van der Waals surface area contributed by atoms with Gasteiger partial charge in [-0.25, -0.2) is 9.67 Å². The molecule has 2 heterocycles. The van der Waals surface area contributed by atoms with Gasteiger partial charge in [0, 0.05) is 19.4 Å². The van der Waals surface area contributed by atoms with Crippen molar-refractivity contribution in [2.75, 3.05) is 6.54 Å². The third-order valence-corrected chi connectivity index (χ3v) is 3.51. The smallest absolute Gasteiger partial charge is 0.155 e. The third-order valence-electron chi connectivity index (χ3n) is 3.51. The molecule has 0 saturated carbocycles. The minimum absolute atomic E-state index is 0.339. The molecule has 0 fully saturated rings. The largest absolute Gasteiger partial charge is 0.328 e. The van der Waals surface area contributed by atoms with E-state index in [2.05, 4.69) is 22.2 Å². The molecule has 2 N–H and O–H groups in total. The highest BCUT2D eigenvalue weighted by Gasteiger charge is 2.21. The molecule has 0 aliphatic carbocycles. The van der Waals surface area contributed by atoms with Crippen molar-refractivity contribution in [2.24, 2.45) is 5.73 Å². The molecular formula is C14H18N4. The van der Waals surface area contributed by atoms with Crippen LogP contribution >= 0.6 is 0 Å². The molecule has 0 radical (unpaired) electrons. The second kappa shape index (κ2) is 4.90. The van der Waals surface area contributed by atoms with E-state index in [1.54, 1.807) is 0 Å². The SMILES string of the molecule is NCC1CCCc2nc(Cc3ccccc3)nn21. The number of aromatic nitrogens is 3. The van der Waals surface area contributed by atoms with E-state index in [-0.39, 0.29) is 0 Å². The van der Waals surface area contributed by atoms with Gasteiger partial charge in [0.1, 0.15) is 5.82 Å². The summed E-state index contributed by atoms with van der Waals surface area (Å²) in [5, 5.41) is 4.62. The minimum atomic E-state index is 0.339. The first kappa shape index (κ1) is 11.4. The van der Waals surface area contributed by atoms with E-state index in [0.29, 0.717) is 12.6 Å². The molecule has 1 aliphatic heterocycles. The van der Waals surface area contributed by atoms with Gasteiger partial charge in [0.15, 0.2) is 5.82 Å². The maximum Gasteiger partial charge on any atom is 0.155 e. The number of hydrogen-bond acceptors (Lipinski definition) is 3. The second-order valence-corrected chi connectivity index (χ2v) is 4.83. The van der Waals surface area contributed by atoms with Crippen LogP contribution in [0.1, 0.15) is 36.1 Å². The standard InChI is InChI=1S/C14H18N4/c15-10-12-7-4-8-14-16-13(17-18(12)14)9-11-5-2-1-3-6-11/h1-3,5-6,12H,4,7-10,15H2. The summed E-state index contributed by atoms with van der Waals surface area (Å²) in [5.41, 5.74) is 7.05. The van der Waals surface area contributed by atoms with Crippen molar-refractivity contribution in [3.05, 3.63) is 47.5 Å². The van der Waals surface area contributed by atoms with Gasteiger partial charge < -0.3 is 5.73 Å². The van der Waals surface area contributed by atoms with Crippen LogP contribution in [-0.2, 0) is 12.8 Å². The van der Waals surface area contributed by atoms with Gasteiger partial charge in [-0.05, 0) is 18.4 Å². The van der Waals surface area contributed by atoms with E-state index in [0.717, 1.165) is 30.9 Å². The third kappa shape index (κ3) is 2.16. The van der Waals surface area contributed by atoms with Crippen molar-refractivity contribution < 1.29 is 0 Å². The summed E-state index contributed by atoms with van der Waals surface area (Å²) in [4.78, 5) is 4.64. The molecule has 4 nitrogen and oxygen atoms in total. The molecule has 1 aliphatic rings. The lowest BCUT2D eigenvalue weighted by molar-refractivity contribution is 0.368. The van der Waals surface area contributed by atoms with Crippen molar-refractivity contribution in [1.82, 2.24) is 14.8 Å². The molecule has 94 valence electrons. The van der Waals surface area contributed by atoms with Gasteiger partial charge in [0.25, 0.3) is 0 Å². The number of aryl methyl sites for hydroxylation is 1. The van der Waals surface area contributed by atoms with Crippen molar-refractivity contribution in [3.63, 3.8) is 0 Å². The monoisotopic (exact) mass is 242 g/mol. The average molecular weight is 242 g/mol. The topological polar surface area (TPSA) is 56.7 Å². The Morgan fingerprint density at radius 3 is 2.89 bits per heavy atom. The first-order valence-electron chi connectivity index (χ1n) is 6.55. The summed E-state index contributed by atoms with van der Waals surface area (Å²) in [6.07, 6.45) is 4.12. The molecule has 0 saturated heterocycles. The molecule has 4 heteroatoms. The summed E-state index contributed by atoms with van der Waals surface area (Å²) >= 11 is 0. The Kier molecular flexibility index (Phi) is 3.11. The molecule has 1 atom stereocenters. The molecule has 2 aromatic rings. The van der Waals surface area contributed by atoms with Crippen LogP contribution in [0.25, 0.3) is 0 Å². The average Bonchev–Trinajstić information content (AvgIpc) is 2.82. The van der Waals surface area contributed by atoms with Gasteiger partial charge in [-0.3, -0.25) is 0 Å². The quantitative estimate of drug-likeness (QED) is 0.891. The lowest BCUT2D eigenvalue weighted by Gasteiger charge is -2.21. The van der Waals surface area contributed by atoms with Crippen LogP contribution < -0.4 is 5.73 Å². The van der Waals surface area contributed by atoms with Gasteiger partial charge in [0.05, 0.1) is 6.04 Å². The van der Waals surface area contributed by atoms with E-state index >= 15 is 0 Å². The first-order valence-corrected chi connectivity index (χ1v) is 6.55. The highest BCUT2D eigenvalue weighted by atomic mass is 15.4. The normalized spacial score (nSPS) is 18.6. The second-order valence-electron chi connectivity index (χ2n) is 4.83. The fourth-order valence-electron chi connectivity index (χ4n) is 2.56. The number of hydrogen-bond donors (Lipinski definition) is 1. The Labute approximate surface area is 107 Å². The van der Waals surface area contributed by atoms with Crippen molar-refractivity contribution in [2.45, 2.75) is 31.7 Å². The predicted molar refractivity (Wildman–Crippen MR) is 70.3 cm³/mol. The molecule has 3 rings (SSSR count). The maximum atomic E-state index is 5.79. The highest BCUT2D eigenvalue weighted by molar-refractivity contribution is 5.19. The fraction of sp³-hybridized carbons (Fsp3) is 0.429. The van der Waals surface area contributed by atoms with Crippen LogP contribution in [0.2, 0.25) is 0 Å². The summed E-state index contributed by atoms with van der Waals surface area (Å²) in [6.45, 7) is 0.654. The predicted octanol–water partition coefficient (Wildman–Crippen LogP) is 1.70. The van der Waals surface area contributed by atoms with E-state index < -0.39 is 0 Å². The van der Waals surface area contributed by atoms with Crippen molar-refractivity contribution >= 4 is 0 Å². The molecule has 18 heavy (non-hydrogen) atoms. The lowest BCUT2D eigenvalue weighted by atomic mass is 10.1. The van der Waals surface area contributed by atoms with Crippen LogP contribution in [0.15, 0.2) is 30.3 Å². The van der Waals surface area contributed by atoms with Gasteiger partial charge >= 0.3 is 0 Å². The zero-order chi connectivity index (χ0) is 12.4. The Morgan fingerprint density at radius 1 is 1.28 bits per heavy atom. The summed E-state index contributed by atoms with van der Waals surface area (Å²) < 4.78 is 2.04. The van der Waals surface area contributed by atoms with Crippen LogP contribution in [0.4, 0.5) is 0 Å². The Bertz CT molecular complexity index is 518. The zero-order valence-corrected chi connectivity index (χ0v) is 10.4. The van der Waals surface area contributed by atoms with Gasteiger partial charge in [-0.1, -0.05) is 30.3 Å². The summed E-state index contributed by atoms with van der Waals surface area (Å²) in [6, 6.07) is 10.7. The highest BCUT2D eigenvalue weighted by Crippen LogP contribution is 2.22. The number of nitrogens with zero attached hydrogens (tertiary/aromatic N) is 3. The van der Waals surface area contributed by atoms with Gasteiger partial charge in [-0.2, -0.15) is 5.10 Å².